The molecule has 2 aromatic carbocycles. The van der Waals surface area contributed by atoms with Gasteiger partial charge in [-0.1, -0.05) is 48.9 Å². The molecule has 0 aromatic heterocycles. The van der Waals surface area contributed by atoms with Crippen LogP contribution in [0.15, 0.2) is 42.5 Å². The third-order valence-electron chi connectivity index (χ3n) is 5.71. The summed E-state index contributed by atoms with van der Waals surface area (Å²) in [4.78, 5) is 27.7. The van der Waals surface area contributed by atoms with Gasteiger partial charge in [0.05, 0.1) is 11.9 Å². The number of carbonyl (C=O) groups is 2. The van der Waals surface area contributed by atoms with E-state index in [9.17, 15) is 18.0 Å². The highest BCUT2D eigenvalue weighted by Gasteiger charge is 2.30. The van der Waals surface area contributed by atoms with Gasteiger partial charge in [0, 0.05) is 13.1 Å². The molecule has 0 aliphatic carbocycles. The SMILES string of the molecule is CCCNC(=O)[C@@H](C)N(Cc1ccc(C)cc1)C(=O)CN(c1cccc(C)c1C)S(C)(=O)=O. The van der Waals surface area contributed by atoms with Gasteiger partial charge in [0.1, 0.15) is 12.6 Å². The van der Waals surface area contributed by atoms with E-state index < -0.39 is 22.0 Å². The molecule has 0 radical (unpaired) electrons. The molecule has 2 aromatic rings. The van der Waals surface area contributed by atoms with Gasteiger partial charge in [-0.05, 0) is 56.9 Å². The highest BCUT2D eigenvalue weighted by Crippen LogP contribution is 2.25. The zero-order chi connectivity index (χ0) is 24.8. The van der Waals surface area contributed by atoms with Gasteiger partial charge < -0.3 is 10.2 Å². The molecule has 0 unspecified atom stereocenters. The topological polar surface area (TPSA) is 86.8 Å². The average Bonchev–Trinajstić information content (AvgIpc) is 2.76. The van der Waals surface area contributed by atoms with Crippen molar-refractivity contribution in [1.82, 2.24) is 10.2 Å². The lowest BCUT2D eigenvalue weighted by Gasteiger charge is -2.32. The van der Waals surface area contributed by atoms with E-state index in [0.29, 0.717) is 12.2 Å². The van der Waals surface area contributed by atoms with E-state index in [-0.39, 0.29) is 19.0 Å². The van der Waals surface area contributed by atoms with E-state index in [1.807, 2.05) is 58.0 Å². The maximum absolute atomic E-state index is 13.5. The number of nitrogens with one attached hydrogen (secondary N) is 1. The Kier molecular flexibility index (Phi) is 9.05. The second-order valence-corrected chi connectivity index (χ2v) is 10.4. The van der Waals surface area contributed by atoms with Crippen molar-refractivity contribution in [3.05, 3.63) is 64.7 Å². The van der Waals surface area contributed by atoms with Gasteiger partial charge in [-0.25, -0.2) is 8.42 Å². The Balaban J connectivity index is 2.40. The number of hydrogen-bond donors (Lipinski definition) is 1. The van der Waals surface area contributed by atoms with E-state index in [1.165, 1.54) is 4.90 Å². The van der Waals surface area contributed by atoms with Gasteiger partial charge in [-0.2, -0.15) is 0 Å². The van der Waals surface area contributed by atoms with Crippen LogP contribution in [-0.4, -0.2) is 50.5 Å². The molecule has 180 valence electrons. The van der Waals surface area contributed by atoms with Crippen molar-refractivity contribution < 1.29 is 18.0 Å². The largest absolute Gasteiger partial charge is 0.354 e. The van der Waals surface area contributed by atoms with Crippen molar-refractivity contribution in [3.8, 4) is 0 Å². The normalized spacial score (nSPS) is 12.2. The summed E-state index contributed by atoms with van der Waals surface area (Å²) < 4.78 is 26.5. The maximum Gasteiger partial charge on any atom is 0.244 e. The average molecular weight is 474 g/mol. The van der Waals surface area contributed by atoms with Gasteiger partial charge in [-0.15, -0.1) is 0 Å². The molecule has 0 aliphatic heterocycles. The Morgan fingerprint density at radius 1 is 1.03 bits per heavy atom. The Morgan fingerprint density at radius 3 is 2.24 bits per heavy atom. The Labute approximate surface area is 197 Å². The highest BCUT2D eigenvalue weighted by molar-refractivity contribution is 7.92. The van der Waals surface area contributed by atoms with Crippen LogP contribution in [-0.2, 0) is 26.2 Å². The van der Waals surface area contributed by atoms with Crippen LogP contribution in [0.4, 0.5) is 5.69 Å². The summed E-state index contributed by atoms with van der Waals surface area (Å²) in [6, 6.07) is 12.3. The van der Waals surface area contributed by atoms with Crippen LogP contribution in [0.2, 0.25) is 0 Å². The summed E-state index contributed by atoms with van der Waals surface area (Å²) >= 11 is 0. The molecular weight excluding hydrogens is 438 g/mol. The molecule has 0 bridgehead atoms. The molecule has 2 amide bonds. The van der Waals surface area contributed by atoms with Gasteiger partial charge in [0.15, 0.2) is 0 Å². The number of nitrogens with zero attached hydrogens (tertiary/aromatic N) is 2. The number of carbonyl (C=O) groups excluding carboxylic acids is 2. The summed E-state index contributed by atoms with van der Waals surface area (Å²) in [5.74, 6) is -0.712. The molecule has 0 spiro atoms. The molecular formula is C25H35N3O4S. The van der Waals surface area contributed by atoms with Gasteiger partial charge in [0.2, 0.25) is 21.8 Å². The molecule has 8 heteroatoms. The summed E-state index contributed by atoms with van der Waals surface area (Å²) in [6.07, 6.45) is 1.86. The van der Waals surface area contributed by atoms with Crippen molar-refractivity contribution in [2.24, 2.45) is 0 Å². The highest BCUT2D eigenvalue weighted by atomic mass is 32.2. The number of rotatable bonds is 10. The second kappa shape index (κ2) is 11.3. The van der Waals surface area contributed by atoms with Crippen LogP contribution >= 0.6 is 0 Å². The van der Waals surface area contributed by atoms with Crippen LogP contribution in [0.1, 0.15) is 42.5 Å². The van der Waals surface area contributed by atoms with E-state index in [4.69, 9.17) is 0 Å². The number of anilines is 1. The van der Waals surface area contributed by atoms with Crippen molar-refractivity contribution in [3.63, 3.8) is 0 Å². The predicted molar refractivity (Wildman–Crippen MR) is 133 cm³/mol. The quantitative estimate of drug-likeness (QED) is 0.574. The minimum absolute atomic E-state index is 0.199. The van der Waals surface area contributed by atoms with Crippen LogP contribution in [0, 0.1) is 20.8 Å². The smallest absolute Gasteiger partial charge is 0.244 e. The first-order valence-corrected chi connectivity index (χ1v) is 13.0. The van der Waals surface area contributed by atoms with Crippen molar-refractivity contribution in [2.75, 3.05) is 23.7 Å². The number of hydrogen-bond acceptors (Lipinski definition) is 4. The third-order valence-corrected chi connectivity index (χ3v) is 6.84. The summed E-state index contributed by atoms with van der Waals surface area (Å²) in [5.41, 5.74) is 4.13. The minimum atomic E-state index is -3.74. The number of benzene rings is 2. The molecule has 1 atom stereocenters. The first-order valence-electron chi connectivity index (χ1n) is 11.1. The van der Waals surface area contributed by atoms with Crippen molar-refractivity contribution in [2.45, 2.75) is 53.6 Å². The fourth-order valence-electron chi connectivity index (χ4n) is 3.47. The lowest BCUT2D eigenvalue weighted by molar-refractivity contribution is -0.139. The summed E-state index contributed by atoms with van der Waals surface area (Å²) in [6.45, 7) is 9.64. The van der Waals surface area contributed by atoms with Crippen molar-refractivity contribution in [1.29, 1.82) is 0 Å². The second-order valence-electron chi connectivity index (χ2n) is 8.46. The fourth-order valence-corrected chi connectivity index (χ4v) is 4.37. The Hall–Kier alpha value is -2.87. The number of sulfonamides is 1. The van der Waals surface area contributed by atoms with E-state index in [2.05, 4.69) is 5.32 Å². The van der Waals surface area contributed by atoms with Crippen LogP contribution in [0.25, 0.3) is 0 Å². The van der Waals surface area contributed by atoms with Crippen molar-refractivity contribution >= 4 is 27.5 Å². The van der Waals surface area contributed by atoms with Crippen LogP contribution < -0.4 is 9.62 Å². The molecule has 0 saturated carbocycles. The monoisotopic (exact) mass is 473 g/mol. The van der Waals surface area contributed by atoms with Gasteiger partial charge >= 0.3 is 0 Å². The zero-order valence-electron chi connectivity index (χ0n) is 20.4. The predicted octanol–water partition coefficient (Wildman–Crippen LogP) is 3.32. The van der Waals surface area contributed by atoms with Gasteiger partial charge in [-0.3, -0.25) is 13.9 Å². The molecule has 1 N–H and O–H groups in total. The van der Waals surface area contributed by atoms with Crippen LogP contribution in [0.5, 0.6) is 0 Å². The first-order chi connectivity index (χ1) is 15.5. The first kappa shape index (κ1) is 26.4. The fraction of sp³-hybridized carbons (Fsp3) is 0.440. The van der Waals surface area contributed by atoms with Gasteiger partial charge in [0.25, 0.3) is 0 Å². The lowest BCUT2D eigenvalue weighted by atomic mass is 10.1. The summed E-state index contributed by atoms with van der Waals surface area (Å²) in [7, 11) is -3.74. The third kappa shape index (κ3) is 7.05. The molecule has 33 heavy (non-hydrogen) atoms. The van der Waals surface area contributed by atoms with Crippen LogP contribution in [0.3, 0.4) is 0 Å². The number of amides is 2. The standard InChI is InChI=1S/C25H35N3O4S/c1-7-15-26-25(30)21(5)27(16-22-13-11-18(2)12-14-22)24(29)17-28(33(6,31)32)23-10-8-9-19(3)20(23)4/h8-14,21H,7,15-17H2,1-6H3,(H,26,30)/t21-/m1/s1. The lowest BCUT2D eigenvalue weighted by Crippen LogP contribution is -2.51. The van der Waals surface area contributed by atoms with E-state index in [1.54, 1.807) is 19.1 Å². The maximum atomic E-state index is 13.5. The number of aryl methyl sites for hydroxylation is 2. The molecule has 0 saturated heterocycles. The van der Waals surface area contributed by atoms with E-state index >= 15 is 0 Å². The molecule has 7 nitrogen and oxygen atoms in total. The Morgan fingerprint density at radius 2 is 1.67 bits per heavy atom. The molecule has 0 aliphatic rings. The summed E-state index contributed by atoms with van der Waals surface area (Å²) in [5, 5.41) is 2.83. The molecule has 0 fully saturated rings. The minimum Gasteiger partial charge on any atom is -0.354 e. The van der Waals surface area contributed by atoms with E-state index in [0.717, 1.165) is 39.2 Å². The zero-order valence-corrected chi connectivity index (χ0v) is 21.2. The Bertz CT molecular complexity index is 1080. The molecule has 2 rings (SSSR count). The molecule has 0 heterocycles.